The lowest BCUT2D eigenvalue weighted by Crippen LogP contribution is -2.25. The molecule has 2 aromatic rings. The SMILES string of the molecule is O=C1CC(CS(=O)(=O)Cl)CN1Cc1ccc2ncccc2c1. The van der Waals surface area contributed by atoms with Crippen molar-refractivity contribution in [1.82, 2.24) is 9.88 Å². The minimum absolute atomic E-state index is 0.0309. The first kappa shape index (κ1) is 15.2. The molecule has 0 aliphatic carbocycles. The molecule has 1 amide bonds. The van der Waals surface area contributed by atoms with Gasteiger partial charge in [-0.2, -0.15) is 0 Å². The number of hydrogen-bond acceptors (Lipinski definition) is 4. The zero-order chi connectivity index (χ0) is 15.7. The molecule has 0 N–H and O–H groups in total. The number of likely N-dealkylation sites (tertiary alicyclic amines) is 1. The van der Waals surface area contributed by atoms with Crippen molar-refractivity contribution in [3.05, 3.63) is 42.1 Å². The molecule has 1 aliphatic heterocycles. The molecule has 1 aliphatic rings. The van der Waals surface area contributed by atoms with E-state index in [1.807, 2.05) is 30.3 Å². The van der Waals surface area contributed by atoms with Gasteiger partial charge in [-0.15, -0.1) is 0 Å². The molecule has 1 unspecified atom stereocenters. The number of hydrogen-bond donors (Lipinski definition) is 0. The number of aromatic nitrogens is 1. The van der Waals surface area contributed by atoms with Gasteiger partial charge in [-0.05, 0) is 23.8 Å². The summed E-state index contributed by atoms with van der Waals surface area (Å²) in [6.07, 6.45) is 1.98. The number of fused-ring (bicyclic) bond motifs is 1. The van der Waals surface area contributed by atoms with E-state index in [2.05, 4.69) is 4.98 Å². The lowest BCUT2D eigenvalue weighted by molar-refractivity contribution is -0.128. The minimum Gasteiger partial charge on any atom is -0.338 e. The minimum atomic E-state index is -3.57. The van der Waals surface area contributed by atoms with E-state index in [4.69, 9.17) is 10.7 Å². The standard InChI is InChI=1S/C15H15ClN2O3S/c16-22(20,21)10-12-7-15(19)18(9-12)8-11-3-4-14-13(6-11)2-1-5-17-14/h1-6,12H,7-10H2. The maximum atomic E-state index is 12.0. The van der Waals surface area contributed by atoms with Gasteiger partial charge in [0.15, 0.2) is 0 Å². The summed E-state index contributed by atoms with van der Waals surface area (Å²) in [5.74, 6) is -0.410. The molecule has 0 radical (unpaired) electrons. The molecule has 1 fully saturated rings. The average Bonchev–Trinajstić information content (AvgIpc) is 2.76. The summed E-state index contributed by atoms with van der Waals surface area (Å²) in [4.78, 5) is 18.0. The fourth-order valence-electron chi connectivity index (χ4n) is 2.84. The maximum Gasteiger partial charge on any atom is 0.232 e. The van der Waals surface area contributed by atoms with Crippen molar-refractivity contribution in [2.45, 2.75) is 13.0 Å². The molecular formula is C15H15ClN2O3S. The molecule has 0 saturated carbocycles. The Morgan fingerprint density at radius 1 is 1.32 bits per heavy atom. The van der Waals surface area contributed by atoms with E-state index in [1.54, 1.807) is 11.1 Å². The van der Waals surface area contributed by atoms with Crippen molar-refractivity contribution in [1.29, 1.82) is 0 Å². The van der Waals surface area contributed by atoms with Crippen LogP contribution in [0.2, 0.25) is 0 Å². The third kappa shape index (κ3) is 3.56. The highest BCUT2D eigenvalue weighted by Crippen LogP contribution is 2.23. The Hall–Kier alpha value is -1.66. The number of amides is 1. The molecule has 116 valence electrons. The van der Waals surface area contributed by atoms with E-state index in [0.717, 1.165) is 16.5 Å². The fraction of sp³-hybridized carbons (Fsp3) is 0.333. The smallest absolute Gasteiger partial charge is 0.232 e. The highest BCUT2D eigenvalue weighted by atomic mass is 35.7. The number of benzene rings is 1. The molecule has 0 bridgehead atoms. The highest BCUT2D eigenvalue weighted by Gasteiger charge is 2.32. The maximum absolute atomic E-state index is 12.0. The Kier molecular flexibility index (Phi) is 4.06. The van der Waals surface area contributed by atoms with E-state index in [1.165, 1.54) is 0 Å². The van der Waals surface area contributed by atoms with Crippen molar-refractivity contribution in [2.75, 3.05) is 12.3 Å². The lowest BCUT2D eigenvalue weighted by Gasteiger charge is -2.16. The molecule has 22 heavy (non-hydrogen) atoms. The predicted molar refractivity (Wildman–Crippen MR) is 84.9 cm³/mol. The van der Waals surface area contributed by atoms with E-state index in [0.29, 0.717) is 13.1 Å². The van der Waals surface area contributed by atoms with Gasteiger partial charge in [0.2, 0.25) is 15.0 Å². The number of carbonyl (C=O) groups excluding carboxylic acids is 1. The summed E-state index contributed by atoms with van der Waals surface area (Å²) in [5.41, 5.74) is 1.91. The van der Waals surface area contributed by atoms with E-state index >= 15 is 0 Å². The fourth-order valence-corrected chi connectivity index (χ4v) is 4.16. The quantitative estimate of drug-likeness (QED) is 0.801. The third-order valence-corrected chi connectivity index (χ3v) is 5.02. The first-order valence-corrected chi connectivity index (χ1v) is 9.42. The van der Waals surface area contributed by atoms with Crippen LogP contribution in [0.1, 0.15) is 12.0 Å². The molecule has 1 aromatic carbocycles. The molecule has 7 heteroatoms. The second kappa shape index (κ2) is 5.85. The third-order valence-electron chi connectivity index (χ3n) is 3.77. The van der Waals surface area contributed by atoms with Gasteiger partial charge in [-0.25, -0.2) is 8.42 Å². The van der Waals surface area contributed by atoms with Crippen LogP contribution in [0.5, 0.6) is 0 Å². The van der Waals surface area contributed by atoms with Crippen LogP contribution >= 0.6 is 10.7 Å². The number of nitrogens with zero attached hydrogens (tertiary/aromatic N) is 2. The summed E-state index contributed by atoms with van der Waals surface area (Å²) >= 11 is 0. The summed E-state index contributed by atoms with van der Waals surface area (Å²) < 4.78 is 22.3. The van der Waals surface area contributed by atoms with Gasteiger partial charge in [0.1, 0.15) is 0 Å². The van der Waals surface area contributed by atoms with Crippen LogP contribution in [0.25, 0.3) is 10.9 Å². The number of pyridine rings is 1. The van der Waals surface area contributed by atoms with Gasteiger partial charge in [0.25, 0.3) is 0 Å². The molecule has 0 spiro atoms. The van der Waals surface area contributed by atoms with E-state index in [9.17, 15) is 13.2 Å². The second-order valence-corrected chi connectivity index (χ2v) is 8.40. The summed E-state index contributed by atoms with van der Waals surface area (Å²) in [5, 5.41) is 1.02. The zero-order valence-electron chi connectivity index (χ0n) is 11.8. The van der Waals surface area contributed by atoms with Gasteiger partial charge >= 0.3 is 0 Å². The normalized spacial score (nSPS) is 19.0. The van der Waals surface area contributed by atoms with Gasteiger partial charge in [0.05, 0.1) is 11.3 Å². The average molecular weight is 339 g/mol. The van der Waals surface area contributed by atoms with Crippen LogP contribution in [0.4, 0.5) is 0 Å². The largest absolute Gasteiger partial charge is 0.338 e. The van der Waals surface area contributed by atoms with Gasteiger partial charge in [-0.1, -0.05) is 12.1 Å². The first-order valence-electron chi connectivity index (χ1n) is 6.94. The van der Waals surface area contributed by atoms with E-state index in [-0.39, 0.29) is 24.0 Å². The predicted octanol–water partition coefficient (Wildman–Crippen LogP) is 2.15. The van der Waals surface area contributed by atoms with Crippen LogP contribution in [0, 0.1) is 5.92 Å². The summed E-state index contributed by atoms with van der Waals surface area (Å²) in [7, 11) is 1.70. The number of halogens is 1. The van der Waals surface area contributed by atoms with Crippen molar-refractivity contribution >= 4 is 36.5 Å². The Morgan fingerprint density at radius 3 is 2.91 bits per heavy atom. The van der Waals surface area contributed by atoms with Gasteiger partial charge < -0.3 is 4.90 Å². The number of carbonyl (C=O) groups is 1. The molecule has 5 nitrogen and oxygen atoms in total. The zero-order valence-corrected chi connectivity index (χ0v) is 13.3. The molecule has 1 atom stereocenters. The monoisotopic (exact) mass is 338 g/mol. The lowest BCUT2D eigenvalue weighted by atomic mass is 10.1. The second-order valence-electron chi connectivity index (χ2n) is 5.58. The molecule has 1 saturated heterocycles. The van der Waals surface area contributed by atoms with Crippen molar-refractivity contribution in [3.63, 3.8) is 0 Å². The first-order chi connectivity index (χ1) is 10.4. The number of rotatable bonds is 4. The Labute approximate surface area is 133 Å². The van der Waals surface area contributed by atoms with Crippen LogP contribution < -0.4 is 0 Å². The molecule has 1 aromatic heterocycles. The van der Waals surface area contributed by atoms with Crippen LogP contribution in [-0.4, -0.2) is 36.5 Å². The topological polar surface area (TPSA) is 67.3 Å². The Morgan fingerprint density at radius 2 is 2.14 bits per heavy atom. The van der Waals surface area contributed by atoms with Gasteiger partial charge in [0, 0.05) is 47.7 Å². The van der Waals surface area contributed by atoms with Crippen LogP contribution in [-0.2, 0) is 20.4 Å². The van der Waals surface area contributed by atoms with Crippen molar-refractivity contribution in [2.24, 2.45) is 5.92 Å². The summed E-state index contributed by atoms with van der Waals surface area (Å²) in [6, 6.07) is 9.70. The summed E-state index contributed by atoms with van der Waals surface area (Å²) in [6.45, 7) is 0.901. The van der Waals surface area contributed by atoms with Crippen molar-refractivity contribution in [3.8, 4) is 0 Å². The van der Waals surface area contributed by atoms with Crippen LogP contribution in [0.3, 0.4) is 0 Å². The van der Waals surface area contributed by atoms with Crippen LogP contribution in [0.15, 0.2) is 36.5 Å². The Balaban J connectivity index is 1.73. The molecule has 3 rings (SSSR count). The Bertz CT molecular complexity index is 822. The van der Waals surface area contributed by atoms with Crippen molar-refractivity contribution < 1.29 is 13.2 Å². The highest BCUT2D eigenvalue weighted by molar-refractivity contribution is 8.13. The molecular weight excluding hydrogens is 324 g/mol. The van der Waals surface area contributed by atoms with E-state index < -0.39 is 9.05 Å². The van der Waals surface area contributed by atoms with Gasteiger partial charge in [-0.3, -0.25) is 9.78 Å². The molecule has 2 heterocycles.